The number of hydrogen-bond acceptors (Lipinski definition) is 8. The first kappa shape index (κ1) is 28.6. The predicted octanol–water partition coefficient (Wildman–Crippen LogP) is 4.17. The molecular formula is C31H29FN4O6. The Balaban J connectivity index is 1.20. The van der Waals surface area contributed by atoms with Crippen LogP contribution in [0.15, 0.2) is 77.3 Å². The van der Waals surface area contributed by atoms with Crippen LogP contribution >= 0.6 is 0 Å². The van der Waals surface area contributed by atoms with Gasteiger partial charge in [0.1, 0.15) is 5.82 Å². The summed E-state index contributed by atoms with van der Waals surface area (Å²) in [6.45, 7) is 0.779. The summed E-state index contributed by atoms with van der Waals surface area (Å²) >= 11 is 0. The van der Waals surface area contributed by atoms with Gasteiger partial charge >= 0.3 is 11.9 Å². The number of amides is 1. The normalized spacial score (nSPS) is 14.7. The van der Waals surface area contributed by atoms with Crippen LogP contribution in [0.25, 0.3) is 34.0 Å². The van der Waals surface area contributed by atoms with Crippen LogP contribution in [-0.4, -0.2) is 64.7 Å². The number of nitrogens with zero attached hydrogens (tertiary/aromatic N) is 3. The molecule has 2 heterocycles. The molecule has 5 rings (SSSR count). The molecule has 1 fully saturated rings. The van der Waals surface area contributed by atoms with Gasteiger partial charge in [0.15, 0.2) is 12.0 Å². The van der Waals surface area contributed by atoms with E-state index in [-0.39, 0.29) is 24.5 Å². The van der Waals surface area contributed by atoms with E-state index >= 15 is 0 Å². The van der Waals surface area contributed by atoms with Crippen LogP contribution in [-0.2, 0) is 25.7 Å². The first-order valence-electron chi connectivity index (χ1n) is 13.4. The molecule has 0 radical (unpaired) electrons. The standard InChI is InChI=1S/C31H29FN4O6/c1-33-26(37)19-41-30(40)31(29(38)39)13-15-36(16-14-31)18-20-7-9-22(10-8-20)27-34-28(42-35-27)23-11-12-24(25(32)17-23)21-5-3-2-4-6-21/h2-12,17H,13-16,18-19H2,1H3,(H,33,37)(H,38,39). The summed E-state index contributed by atoms with van der Waals surface area (Å²) in [5.74, 6) is -2.46. The summed E-state index contributed by atoms with van der Waals surface area (Å²) in [5.41, 5.74) is 1.76. The summed E-state index contributed by atoms with van der Waals surface area (Å²) in [6, 6.07) is 21.6. The number of carbonyl (C=O) groups is 3. The second-order valence-corrected chi connectivity index (χ2v) is 10.1. The van der Waals surface area contributed by atoms with Crippen LogP contribution in [0.2, 0.25) is 0 Å². The van der Waals surface area contributed by atoms with Gasteiger partial charge in [-0.3, -0.25) is 19.3 Å². The molecule has 3 aromatic carbocycles. The Bertz CT molecular complexity index is 1580. The molecule has 4 aromatic rings. The zero-order valence-corrected chi connectivity index (χ0v) is 22.9. The predicted molar refractivity (Wildman–Crippen MR) is 150 cm³/mol. The van der Waals surface area contributed by atoms with Crippen LogP contribution in [0, 0.1) is 11.2 Å². The monoisotopic (exact) mass is 572 g/mol. The van der Waals surface area contributed by atoms with E-state index in [1.807, 2.05) is 54.6 Å². The van der Waals surface area contributed by atoms with Crippen LogP contribution in [0.3, 0.4) is 0 Å². The van der Waals surface area contributed by atoms with Gasteiger partial charge in [-0.05, 0) is 36.1 Å². The van der Waals surface area contributed by atoms with Gasteiger partial charge in [-0.1, -0.05) is 65.8 Å². The third-order valence-corrected chi connectivity index (χ3v) is 7.47. The molecule has 0 bridgehead atoms. The third kappa shape index (κ3) is 6.06. The second kappa shape index (κ2) is 12.3. The maximum atomic E-state index is 14.8. The number of esters is 1. The molecule has 0 aliphatic carbocycles. The largest absolute Gasteiger partial charge is 0.480 e. The molecule has 0 unspecified atom stereocenters. The molecule has 11 heteroatoms. The van der Waals surface area contributed by atoms with Gasteiger partial charge in [-0.2, -0.15) is 4.98 Å². The summed E-state index contributed by atoms with van der Waals surface area (Å²) in [6.07, 6.45) is 0.150. The Hall–Kier alpha value is -4.90. The van der Waals surface area contributed by atoms with Crippen molar-refractivity contribution in [2.45, 2.75) is 19.4 Å². The van der Waals surface area contributed by atoms with Gasteiger partial charge in [0.25, 0.3) is 11.8 Å². The number of benzene rings is 3. The SMILES string of the molecule is CNC(=O)COC(=O)C1(C(=O)O)CCN(Cc2ccc(-c3noc(-c4ccc(-c5ccccc5)c(F)c4)n3)cc2)CC1. The number of halogens is 1. The first-order chi connectivity index (χ1) is 20.3. The van der Waals surface area contributed by atoms with E-state index in [2.05, 4.69) is 20.4 Å². The lowest BCUT2D eigenvalue weighted by molar-refractivity contribution is -0.174. The number of carboxylic acid groups (broad SMARTS) is 1. The number of carbonyl (C=O) groups excluding carboxylic acids is 2. The summed E-state index contributed by atoms with van der Waals surface area (Å²) < 4.78 is 25.2. The summed E-state index contributed by atoms with van der Waals surface area (Å²) in [7, 11) is 1.40. The minimum atomic E-state index is -1.67. The Kier molecular flexibility index (Phi) is 8.39. The van der Waals surface area contributed by atoms with Crippen LogP contribution in [0.4, 0.5) is 4.39 Å². The van der Waals surface area contributed by atoms with Crippen LogP contribution in [0.1, 0.15) is 18.4 Å². The molecule has 1 amide bonds. The second-order valence-electron chi connectivity index (χ2n) is 10.1. The molecule has 1 aliphatic heterocycles. The fraction of sp³-hybridized carbons (Fsp3) is 0.258. The Morgan fingerprint density at radius 1 is 1.00 bits per heavy atom. The maximum absolute atomic E-state index is 14.8. The fourth-order valence-corrected chi connectivity index (χ4v) is 4.91. The van der Waals surface area contributed by atoms with Gasteiger partial charge in [0, 0.05) is 43.4 Å². The molecule has 1 saturated heterocycles. The van der Waals surface area contributed by atoms with E-state index in [9.17, 15) is 23.9 Å². The minimum Gasteiger partial charge on any atom is -0.480 e. The molecule has 1 aliphatic rings. The lowest BCUT2D eigenvalue weighted by atomic mass is 9.78. The molecule has 2 N–H and O–H groups in total. The molecule has 0 saturated carbocycles. The van der Waals surface area contributed by atoms with Crippen LogP contribution in [0.5, 0.6) is 0 Å². The number of carboxylic acids is 1. The van der Waals surface area contributed by atoms with Gasteiger partial charge < -0.3 is 19.7 Å². The molecule has 216 valence electrons. The van der Waals surface area contributed by atoms with Crippen molar-refractivity contribution in [1.29, 1.82) is 0 Å². The van der Waals surface area contributed by atoms with Crippen molar-refractivity contribution in [3.05, 3.63) is 84.2 Å². The third-order valence-electron chi connectivity index (χ3n) is 7.47. The highest BCUT2D eigenvalue weighted by molar-refractivity contribution is 6.00. The van der Waals surface area contributed by atoms with Crippen molar-refractivity contribution < 1.29 is 33.1 Å². The lowest BCUT2D eigenvalue weighted by Crippen LogP contribution is -2.50. The number of hydrogen-bond donors (Lipinski definition) is 2. The van der Waals surface area contributed by atoms with E-state index in [0.29, 0.717) is 36.6 Å². The number of likely N-dealkylation sites (N-methyl/N-ethyl adjacent to an activating group) is 1. The zero-order chi connectivity index (χ0) is 29.7. The van der Waals surface area contributed by atoms with Crippen molar-refractivity contribution in [1.82, 2.24) is 20.4 Å². The van der Waals surface area contributed by atoms with E-state index in [1.165, 1.54) is 13.1 Å². The lowest BCUT2D eigenvalue weighted by Gasteiger charge is -2.37. The highest BCUT2D eigenvalue weighted by Crippen LogP contribution is 2.34. The van der Waals surface area contributed by atoms with Crippen molar-refractivity contribution in [3.63, 3.8) is 0 Å². The number of rotatable bonds is 9. The number of piperidine rings is 1. The average Bonchev–Trinajstić information content (AvgIpc) is 3.51. The minimum absolute atomic E-state index is 0.0750. The topological polar surface area (TPSA) is 135 Å². The highest BCUT2D eigenvalue weighted by Gasteiger charge is 2.49. The number of likely N-dealkylation sites (tertiary alicyclic amines) is 1. The van der Waals surface area contributed by atoms with E-state index < -0.39 is 29.9 Å². The fourth-order valence-electron chi connectivity index (χ4n) is 4.91. The van der Waals surface area contributed by atoms with Gasteiger partial charge in [0.2, 0.25) is 5.82 Å². The number of nitrogens with one attached hydrogen (secondary N) is 1. The first-order valence-corrected chi connectivity index (χ1v) is 13.4. The van der Waals surface area contributed by atoms with Gasteiger partial charge in [-0.15, -0.1) is 0 Å². The number of aliphatic carboxylic acids is 1. The van der Waals surface area contributed by atoms with Crippen molar-refractivity contribution in [2.75, 3.05) is 26.7 Å². The summed E-state index contributed by atoms with van der Waals surface area (Å²) in [5, 5.41) is 16.2. The summed E-state index contributed by atoms with van der Waals surface area (Å²) in [4.78, 5) is 42.5. The van der Waals surface area contributed by atoms with Gasteiger partial charge in [0.05, 0.1) is 0 Å². The molecule has 0 spiro atoms. The molecule has 10 nitrogen and oxygen atoms in total. The van der Waals surface area contributed by atoms with Gasteiger partial charge in [-0.25, -0.2) is 4.39 Å². The Morgan fingerprint density at radius 2 is 1.69 bits per heavy atom. The molecule has 0 atom stereocenters. The average molecular weight is 573 g/mol. The van der Waals surface area contributed by atoms with E-state index in [4.69, 9.17) is 9.26 Å². The van der Waals surface area contributed by atoms with Crippen molar-refractivity contribution >= 4 is 17.8 Å². The van der Waals surface area contributed by atoms with E-state index in [1.54, 1.807) is 12.1 Å². The number of aromatic nitrogens is 2. The quantitative estimate of drug-likeness (QED) is 0.224. The molecule has 1 aromatic heterocycles. The Labute approximate surface area is 241 Å². The zero-order valence-electron chi connectivity index (χ0n) is 22.9. The van der Waals surface area contributed by atoms with Crippen molar-refractivity contribution in [2.24, 2.45) is 5.41 Å². The van der Waals surface area contributed by atoms with Crippen LogP contribution < -0.4 is 5.32 Å². The number of ether oxygens (including phenoxy) is 1. The van der Waals surface area contributed by atoms with Crippen molar-refractivity contribution in [3.8, 4) is 34.0 Å². The molecule has 42 heavy (non-hydrogen) atoms. The molecular weight excluding hydrogens is 543 g/mol. The van der Waals surface area contributed by atoms with E-state index in [0.717, 1.165) is 16.7 Å². The smallest absolute Gasteiger partial charge is 0.324 e. The highest BCUT2D eigenvalue weighted by atomic mass is 19.1. The Morgan fingerprint density at radius 3 is 2.33 bits per heavy atom. The maximum Gasteiger partial charge on any atom is 0.324 e.